The number of nitrogens with zero attached hydrogens (tertiary/aromatic N) is 2. The number of halogens is 2. The van der Waals surface area contributed by atoms with Crippen LogP contribution in [0.1, 0.15) is 0 Å². The third kappa shape index (κ3) is 2.40. The Bertz CT molecular complexity index is 775. The van der Waals surface area contributed by atoms with Gasteiger partial charge in [0.05, 0.1) is 15.6 Å². The van der Waals surface area contributed by atoms with Crippen LogP contribution in [0.2, 0.25) is 10.0 Å². The molecule has 2 N–H and O–H groups in total. The summed E-state index contributed by atoms with van der Waals surface area (Å²) in [6, 6.07) is 8.78. The molecule has 1 aromatic heterocycles. The zero-order valence-electron chi connectivity index (χ0n) is 10.6. The second-order valence-corrected chi connectivity index (χ2v) is 5.25. The smallest absolute Gasteiger partial charge is 0.164 e. The summed E-state index contributed by atoms with van der Waals surface area (Å²) in [6.45, 7) is 0. The van der Waals surface area contributed by atoms with Gasteiger partial charge in [-0.2, -0.15) is 5.10 Å². The van der Waals surface area contributed by atoms with Crippen LogP contribution in [0.5, 0.6) is 11.5 Å². The summed E-state index contributed by atoms with van der Waals surface area (Å²) >= 11 is 12.2. The number of hydrogen-bond donors (Lipinski definition) is 1. The van der Waals surface area contributed by atoms with Gasteiger partial charge in [-0.15, -0.1) is 0 Å². The summed E-state index contributed by atoms with van der Waals surface area (Å²) in [6.07, 6.45) is 1.91. The van der Waals surface area contributed by atoms with Crippen molar-refractivity contribution in [2.45, 2.75) is 0 Å². The van der Waals surface area contributed by atoms with Crippen LogP contribution in [-0.4, -0.2) is 9.78 Å². The lowest BCUT2D eigenvalue weighted by Gasteiger charge is -2.10. The molecule has 20 heavy (non-hydrogen) atoms. The zero-order valence-corrected chi connectivity index (χ0v) is 12.1. The highest BCUT2D eigenvalue weighted by molar-refractivity contribution is 6.37. The number of anilines is 1. The fourth-order valence-corrected chi connectivity index (χ4v) is 2.57. The van der Waals surface area contributed by atoms with E-state index in [4.69, 9.17) is 33.7 Å². The summed E-state index contributed by atoms with van der Waals surface area (Å²) in [5.41, 5.74) is 7.06. The van der Waals surface area contributed by atoms with Crippen molar-refractivity contribution in [2.75, 3.05) is 5.73 Å². The van der Waals surface area contributed by atoms with Crippen molar-refractivity contribution in [3.05, 3.63) is 46.6 Å². The molecule has 0 spiro atoms. The Balaban J connectivity index is 2.00. The fraction of sp³-hybridized carbons (Fsp3) is 0.0714. The maximum atomic E-state index is 6.10. The molecule has 6 heteroatoms. The van der Waals surface area contributed by atoms with E-state index in [0.717, 1.165) is 10.9 Å². The van der Waals surface area contributed by atoms with Crippen LogP contribution in [0, 0.1) is 0 Å². The number of rotatable bonds is 2. The van der Waals surface area contributed by atoms with E-state index < -0.39 is 0 Å². The van der Waals surface area contributed by atoms with Crippen LogP contribution < -0.4 is 10.5 Å². The van der Waals surface area contributed by atoms with Gasteiger partial charge in [-0.3, -0.25) is 4.68 Å². The fourth-order valence-electron chi connectivity index (χ4n) is 1.99. The van der Waals surface area contributed by atoms with Crippen molar-refractivity contribution in [3.63, 3.8) is 0 Å². The summed E-state index contributed by atoms with van der Waals surface area (Å²) in [4.78, 5) is 0. The van der Waals surface area contributed by atoms with Gasteiger partial charge in [0.15, 0.2) is 5.75 Å². The molecule has 0 saturated carbocycles. The molecule has 0 amide bonds. The van der Waals surface area contributed by atoms with Crippen molar-refractivity contribution in [1.82, 2.24) is 9.78 Å². The maximum absolute atomic E-state index is 6.10. The molecular weight excluding hydrogens is 297 g/mol. The minimum Gasteiger partial charge on any atom is -0.454 e. The van der Waals surface area contributed by atoms with Crippen LogP contribution in [0.15, 0.2) is 36.5 Å². The van der Waals surface area contributed by atoms with E-state index in [1.807, 2.05) is 31.4 Å². The van der Waals surface area contributed by atoms with Gasteiger partial charge < -0.3 is 10.5 Å². The second kappa shape index (κ2) is 4.89. The van der Waals surface area contributed by atoms with Crippen LogP contribution in [0.3, 0.4) is 0 Å². The standard InChI is InChI=1S/C14H11Cl2N3O/c1-19-7-8-4-10(2-3-13(8)18-19)20-14-11(15)5-9(17)6-12(14)16/h2-7H,17H2,1H3. The molecule has 0 bridgehead atoms. The highest BCUT2D eigenvalue weighted by atomic mass is 35.5. The molecule has 3 aromatic rings. The van der Waals surface area contributed by atoms with Crippen molar-refractivity contribution in [1.29, 1.82) is 0 Å². The quantitative estimate of drug-likeness (QED) is 0.720. The average molecular weight is 308 g/mol. The van der Waals surface area contributed by atoms with Gasteiger partial charge in [-0.05, 0) is 30.3 Å². The number of nitrogens with two attached hydrogens (primary N) is 1. The number of fused-ring (bicyclic) bond motifs is 1. The number of nitrogen functional groups attached to an aromatic ring is 1. The summed E-state index contributed by atoms with van der Waals surface area (Å²) in [5.74, 6) is 1.03. The molecule has 0 radical (unpaired) electrons. The molecule has 1 heterocycles. The van der Waals surface area contributed by atoms with E-state index >= 15 is 0 Å². The zero-order chi connectivity index (χ0) is 14.3. The molecular formula is C14H11Cl2N3O. The van der Waals surface area contributed by atoms with E-state index in [2.05, 4.69) is 5.10 Å². The molecule has 0 saturated heterocycles. The molecule has 4 nitrogen and oxygen atoms in total. The summed E-state index contributed by atoms with van der Waals surface area (Å²) < 4.78 is 7.50. The Labute approximate surface area is 125 Å². The van der Waals surface area contributed by atoms with Crippen molar-refractivity contribution >= 4 is 39.8 Å². The van der Waals surface area contributed by atoms with E-state index in [1.54, 1.807) is 16.8 Å². The monoisotopic (exact) mass is 307 g/mol. The number of aromatic nitrogens is 2. The number of hydrogen-bond acceptors (Lipinski definition) is 3. The lowest BCUT2D eigenvalue weighted by atomic mass is 10.2. The van der Waals surface area contributed by atoms with Crippen LogP contribution >= 0.6 is 23.2 Å². The Morgan fingerprint density at radius 3 is 2.55 bits per heavy atom. The Hall–Kier alpha value is -1.91. The number of aryl methyl sites for hydroxylation is 1. The second-order valence-electron chi connectivity index (χ2n) is 4.44. The number of benzene rings is 2. The van der Waals surface area contributed by atoms with Gasteiger partial charge in [0, 0.05) is 24.3 Å². The Morgan fingerprint density at radius 2 is 1.85 bits per heavy atom. The predicted octanol–water partition coefficient (Wildman–Crippen LogP) is 4.25. The Kier molecular flexibility index (Phi) is 3.20. The molecule has 2 aromatic carbocycles. The first-order valence-corrected chi connectivity index (χ1v) is 6.64. The van der Waals surface area contributed by atoms with Crippen LogP contribution in [-0.2, 0) is 7.05 Å². The lowest BCUT2D eigenvalue weighted by molar-refractivity contribution is 0.484. The minimum absolute atomic E-state index is 0.376. The van der Waals surface area contributed by atoms with Gasteiger partial charge in [0.2, 0.25) is 0 Å². The SMILES string of the molecule is Cn1cc2cc(Oc3c(Cl)cc(N)cc3Cl)ccc2n1. The molecule has 3 rings (SSSR count). The van der Waals surface area contributed by atoms with Crippen molar-refractivity contribution in [2.24, 2.45) is 7.05 Å². The molecule has 102 valence electrons. The largest absolute Gasteiger partial charge is 0.454 e. The van der Waals surface area contributed by atoms with E-state index in [0.29, 0.717) is 27.2 Å². The first kappa shape index (κ1) is 13.1. The average Bonchev–Trinajstić information content (AvgIpc) is 2.73. The number of ether oxygens (including phenoxy) is 1. The topological polar surface area (TPSA) is 53.1 Å². The van der Waals surface area contributed by atoms with Gasteiger partial charge in [0.25, 0.3) is 0 Å². The van der Waals surface area contributed by atoms with Gasteiger partial charge in [0.1, 0.15) is 5.75 Å². The summed E-state index contributed by atoms with van der Waals surface area (Å²) in [7, 11) is 1.87. The maximum Gasteiger partial charge on any atom is 0.164 e. The Morgan fingerprint density at radius 1 is 1.15 bits per heavy atom. The van der Waals surface area contributed by atoms with Gasteiger partial charge >= 0.3 is 0 Å². The van der Waals surface area contributed by atoms with E-state index in [9.17, 15) is 0 Å². The van der Waals surface area contributed by atoms with Crippen LogP contribution in [0.4, 0.5) is 5.69 Å². The highest BCUT2D eigenvalue weighted by Crippen LogP contribution is 2.38. The lowest BCUT2D eigenvalue weighted by Crippen LogP contribution is -1.90. The van der Waals surface area contributed by atoms with E-state index in [1.165, 1.54) is 0 Å². The minimum atomic E-state index is 0.376. The van der Waals surface area contributed by atoms with Gasteiger partial charge in [-0.1, -0.05) is 23.2 Å². The predicted molar refractivity (Wildman–Crippen MR) is 81.7 cm³/mol. The summed E-state index contributed by atoms with van der Waals surface area (Å²) in [5, 5.41) is 6.03. The first-order chi connectivity index (χ1) is 9.52. The van der Waals surface area contributed by atoms with Crippen molar-refractivity contribution < 1.29 is 4.74 Å². The molecule has 0 aliphatic rings. The molecule has 0 aliphatic carbocycles. The third-order valence-electron chi connectivity index (χ3n) is 2.83. The van der Waals surface area contributed by atoms with Gasteiger partial charge in [-0.25, -0.2) is 0 Å². The molecule has 0 fully saturated rings. The van der Waals surface area contributed by atoms with Crippen molar-refractivity contribution in [3.8, 4) is 11.5 Å². The highest BCUT2D eigenvalue weighted by Gasteiger charge is 2.10. The van der Waals surface area contributed by atoms with Crippen LogP contribution in [0.25, 0.3) is 10.9 Å². The molecule has 0 atom stereocenters. The molecule has 0 unspecified atom stereocenters. The third-order valence-corrected chi connectivity index (χ3v) is 3.39. The molecule has 0 aliphatic heterocycles. The normalized spacial score (nSPS) is 10.9. The van der Waals surface area contributed by atoms with E-state index in [-0.39, 0.29) is 0 Å². The first-order valence-electron chi connectivity index (χ1n) is 5.89.